The second-order valence-electron chi connectivity index (χ2n) is 0.976. The zero-order valence-electron chi connectivity index (χ0n) is 4.43. The van der Waals surface area contributed by atoms with E-state index in [1.807, 2.05) is 0 Å². The van der Waals surface area contributed by atoms with Gasteiger partial charge in [-0.25, -0.2) is 0 Å². The minimum atomic E-state index is -0.160. The lowest BCUT2D eigenvalue weighted by molar-refractivity contribution is -0.132. The van der Waals surface area contributed by atoms with E-state index in [4.69, 9.17) is 0 Å². The monoisotopic (exact) mass is 120 g/mol. The number of hydrogen-bond acceptors (Lipinski definition) is 3. The van der Waals surface area contributed by atoms with E-state index < -0.39 is 0 Å². The Morgan fingerprint density at radius 3 is 2.57 bits per heavy atom. The zero-order valence-corrected chi connectivity index (χ0v) is 5.25. The molecule has 0 aliphatic carbocycles. The number of rotatable bonds is 2. The largest absolute Gasteiger partial charge is 0.392 e. The van der Waals surface area contributed by atoms with Gasteiger partial charge in [-0.15, -0.1) is 0 Å². The summed E-state index contributed by atoms with van der Waals surface area (Å²) in [5, 5.41) is 0. The number of hydrogen-bond donors (Lipinski definition) is 0. The van der Waals surface area contributed by atoms with Crippen molar-refractivity contribution in [1.82, 2.24) is 0 Å². The Hall–Kier alpha value is -0.180. The summed E-state index contributed by atoms with van der Waals surface area (Å²) < 4.78 is 4.47. The van der Waals surface area contributed by atoms with Crippen molar-refractivity contribution in [3.8, 4) is 0 Å². The van der Waals surface area contributed by atoms with Crippen molar-refractivity contribution in [2.45, 2.75) is 13.3 Å². The Balaban J connectivity index is 3.00. The summed E-state index contributed by atoms with van der Waals surface area (Å²) in [6.45, 7) is 1.76. The summed E-state index contributed by atoms with van der Waals surface area (Å²) >= 11 is 1.08. The van der Waals surface area contributed by atoms with Gasteiger partial charge < -0.3 is 4.18 Å². The average molecular weight is 120 g/mol. The molecule has 0 fully saturated rings. The fourth-order valence-electron chi connectivity index (χ4n) is 0.152. The third kappa shape index (κ3) is 3.66. The highest BCUT2D eigenvalue weighted by molar-refractivity contribution is 7.94. The first kappa shape index (κ1) is 6.82. The first-order valence-electron chi connectivity index (χ1n) is 2.04. The second-order valence-corrected chi connectivity index (χ2v) is 1.48. The van der Waals surface area contributed by atoms with Gasteiger partial charge in [0.1, 0.15) is 0 Å². The lowest BCUT2D eigenvalue weighted by Gasteiger charge is -1.91. The van der Waals surface area contributed by atoms with E-state index in [1.165, 1.54) is 0 Å². The molecule has 0 aromatic heterocycles. The molecule has 2 nitrogen and oxygen atoms in total. The maximum Gasteiger partial charge on any atom is 0.317 e. The highest BCUT2D eigenvalue weighted by Gasteiger charge is 1.92. The Labute approximate surface area is 47.4 Å². The van der Waals surface area contributed by atoms with E-state index in [0.717, 1.165) is 12.0 Å². The van der Waals surface area contributed by atoms with Crippen LogP contribution in [0.5, 0.6) is 0 Å². The van der Waals surface area contributed by atoms with Crippen LogP contribution in [0, 0.1) is 0 Å². The molecule has 0 unspecified atom stereocenters. The molecule has 42 valence electrons. The van der Waals surface area contributed by atoms with Crippen molar-refractivity contribution in [2.24, 2.45) is 0 Å². The third-order valence-electron chi connectivity index (χ3n) is 0.465. The van der Waals surface area contributed by atoms with Gasteiger partial charge in [-0.2, -0.15) is 0 Å². The molecule has 0 spiro atoms. The fourth-order valence-corrected chi connectivity index (χ4v) is 0.456. The standard InChI is InChI=1S/C4H8O2S/c1-3-4(5)6-7-2/h3H2,1-2H3. The van der Waals surface area contributed by atoms with Crippen molar-refractivity contribution >= 4 is 18.0 Å². The van der Waals surface area contributed by atoms with Crippen LogP contribution in [0.4, 0.5) is 0 Å². The maximum absolute atomic E-state index is 10.2. The summed E-state index contributed by atoms with van der Waals surface area (Å²) in [6, 6.07) is 0. The van der Waals surface area contributed by atoms with Crippen LogP contribution in [0.2, 0.25) is 0 Å². The zero-order chi connectivity index (χ0) is 5.70. The smallest absolute Gasteiger partial charge is 0.317 e. The van der Waals surface area contributed by atoms with E-state index in [2.05, 4.69) is 4.18 Å². The van der Waals surface area contributed by atoms with Gasteiger partial charge in [0.2, 0.25) is 0 Å². The molecule has 0 amide bonds. The van der Waals surface area contributed by atoms with E-state index in [-0.39, 0.29) is 5.97 Å². The molecule has 0 N–H and O–H groups in total. The summed E-state index contributed by atoms with van der Waals surface area (Å²) in [6.07, 6.45) is 2.17. The fraction of sp³-hybridized carbons (Fsp3) is 0.750. The Morgan fingerprint density at radius 2 is 2.43 bits per heavy atom. The molecule has 0 heterocycles. The number of carbonyl (C=O) groups excluding carboxylic acids is 1. The summed E-state index contributed by atoms with van der Waals surface area (Å²) in [5.74, 6) is -0.160. The molecule has 0 aromatic rings. The lowest BCUT2D eigenvalue weighted by atomic mass is 10.5. The van der Waals surface area contributed by atoms with Crippen molar-refractivity contribution in [3.05, 3.63) is 0 Å². The van der Waals surface area contributed by atoms with Crippen LogP contribution in [0.15, 0.2) is 0 Å². The van der Waals surface area contributed by atoms with Crippen LogP contribution in [0.1, 0.15) is 13.3 Å². The molecule has 0 aliphatic heterocycles. The molecule has 0 aromatic carbocycles. The van der Waals surface area contributed by atoms with E-state index in [1.54, 1.807) is 13.2 Å². The molecule has 0 saturated carbocycles. The molecule has 3 heteroatoms. The Kier molecular flexibility index (Phi) is 3.89. The van der Waals surface area contributed by atoms with Crippen molar-refractivity contribution in [3.63, 3.8) is 0 Å². The predicted octanol–water partition coefficient (Wildman–Crippen LogP) is 1.22. The van der Waals surface area contributed by atoms with Gasteiger partial charge in [0.25, 0.3) is 0 Å². The Morgan fingerprint density at radius 1 is 1.86 bits per heavy atom. The van der Waals surface area contributed by atoms with Gasteiger partial charge in [0, 0.05) is 12.7 Å². The van der Waals surface area contributed by atoms with Crippen molar-refractivity contribution in [2.75, 3.05) is 6.26 Å². The summed E-state index contributed by atoms with van der Waals surface area (Å²) in [7, 11) is 0. The topological polar surface area (TPSA) is 26.3 Å². The highest BCUT2D eigenvalue weighted by atomic mass is 32.2. The summed E-state index contributed by atoms with van der Waals surface area (Å²) in [5.41, 5.74) is 0. The molecule has 0 saturated heterocycles. The molecule has 0 atom stereocenters. The molecule has 0 rings (SSSR count). The van der Waals surface area contributed by atoms with Crippen LogP contribution in [0.3, 0.4) is 0 Å². The summed E-state index contributed by atoms with van der Waals surface area (Å²) in [4.78, 5) is 10.2. The lowest BCUT2D eigenvalue weighted by Crippen LogP contribution is -1.93. The van der Waals surface area contributed by atoms with Crippen LogP contribution in [0.25, 0.3) is 0 Å². The van der Waals surface area contributed by atoms with Crippen molar-refractivity contribution in [1.29, 1.82) is 0 Å². The number of carbonyl (C=O) groups is 1. The van der Waals surface area contributed by atoms with E-state index >= 15 is 0 Å². The SMILES string of the molecule is CCC(=O)OSC. The highest BCUT2D eigenvalue weighted by Crippen LogP contribution is 1.96. The Bertz CT molecular complexity index is 62.7. The molecular weight excluding hydrogens is 112 g/mol. The van der Waals surface area contributed by atoms with Gasteiger partial charge in [-0.3, -0.25) is 4.79 Å². The third-order valence-corrected chi connectivity index (χ3v) is 0.818. The minimum Gasteiger partial charge on any atom is -0.392 e. The van der Waals surface area contributed by atoms with Gasteiger partial charge >= 0.3 is 5.97 Å². The molecule has 0 bridgehead atoms. The van der Waals surface area contributed by atoms with Crippen LogP contribution in [-0.4, -0.2) is 12.2 Å². The van der Waals surface area contributed by atoms with Gasteiger partial charge in [-0.1, -0.05) is 6.92 Å². The van der Waals surface area contributed by atoms with E-state index in [0.29, 0.717) is 6.42 Å². The van der Waals surface area contributed by atoms with Crippen LogP contribution < -0.4 is 0 Å². The molecule has 0 radical (unpaired) electrons. The first-order chi connectivity index (χ1) is 3.31. The van der Waals surface area contributed by atoms with E-state index in [9.17, 15) is 4.79 Å². The molecular formula is C4H8O2S. The predicted molar refractivity (Wildman–Crippen MR) is 29.9 cm³/mol. The quantitative estimate of drug-likeness (QED) is 0.512. The van der Waals surface area contributed by atoms with Crippen LogP contribution >= 0.6 is 12.0 Å². The average Bonchev–Trinajstić information content (AvgIpc) is 1.68. The molecule has 7 heavy (non-hydrogen) atoms. The minimum absolute atomic E-state index is 0.160. The molecule has 0 aliphatic rings. The maximum atomic E-state index is 10.2. The van der Waals surface area contributed by atoms with Gasteiger partial charge in [0.15, 0.2) is 0 Å². The van der Waals surface area contributed by atoms with Crippen molar-refractivity contribution < 1.29 is 8.98 Å². The van der Waals surface area contributed by atoms with Gasteiger partial charge in [-0.05, 0) is 0 Å². The van der Waals surface area contributed by atoms with Gasteiger partial charge in [0.05, 0.1) is 12.0 Å². The second kappa shape index (κ2) is 3.99. The normalized spacial score (nSPS) is 8.29. The first-order valence-corrected chi connectivity index (χ1v) is 3.19. The van der Waals surface area contributed by atoms with Crippen LogP contribution in [-0.2, 0) is 8.98 Å².